The highest BCUT2D eigenvalue weighted by molar-refractivity contribution is 8.00. The molecule has 0 aliphatic heterocycles. The fourth-order valence-electron chi connectivity index (χ4n) is 2.45. The first-order chi connectivity index (χ1) is 12.4. The number of carbonyl (C=O) groups excluding carboxylic acids is 1. The first-order valence-corrected chi connectivity index (χ1v) is 10.2. The number of rotatable bonds is 10. The molecule has 0 aliphatic rings. The normalized spacial score (nSPS) is 13.3. The fourth-order valence-corrected chi connectivity index (χ4v) is 3.54. The van der Waals surface area contributed by atoms with E-state index >= 15 is 0 Å². The van der Waals surface area contributed by atoms with Crippen molar-refractivity contribution < 1.29 is 9.53 Å². The summed E-state index contributed by atoms with van der Waals surface area (Å²) in [5, 5.41) is 0.222. The Hall–Kier alpha value is -1.74. The standard InChI is InChI=1S/C23H32O2S/c1-6-25-23(24)17-20(5)22(26-21-13-8-7-9-14-21)16-15-19(4)12-10-11-18(2)3/h7-9,11,13-15,17,22H,6,10,12,16H2,1-5H3/b19-15-,20-17+. The van der Waals surface area contributed by atoms with Crippen LogP contribution >= 0.6 is 11.8 Å². The summed E-state index contributed by atoms with van der Waals surface area (Å²) in [5.41, 5.74) is 3.80. The number of ether oxygens (including phenoxy) is 1. The number of carbonyl (C=O) groups is 1. The molecule has 0 spiro atoms. The number of benzene rings is 1. The van der Waals surface area contributed by atoms with Gasteiger partial charge in [-0.25, -0.2) is 4.79 Å². The molecule has 0 heterocycles. The number of thioether (sulfide) groups is 1. The maximum atomic E-state index is 11.8. The zero-order valence-corrected chi connectivity index (χ0v) is 17.6. The predicted octanol–water partition coefficient (Wildman–Crippen LogP) is 6.74. The van der Waals surface area contributed by atoms with Gasteiger partial charge in [0, 0.05) is 16.2 Å². The lowest BCUT2D eigenvalue weighted by molar-refractivity contribution is -0.137. The van der Waals surface area contributed by atoms with Crippen LogP contribution in [-0.2, 0) is 9.53 Å². The van der Waals surface area contributed by atoms with E-state index in [4.69, 9.17) is 4.74 Å². The summed E-state index contributed by atoms with van der Waals surface area (Å²) in [6.07, 6.45) is 9.28. The zero-order valence-electron chi connectivity index (χ0n) is 16.7. The first-order valence-electron chi connectivity index (χ1n) is 9.28. The quantitative estimate of drug-likeness (QED) is 0.197. The Balaban J connectivity index is 2.83. The molecule has 1 atom stereocenters. The lowest BCUT2D eigenvalue weighted by atomic mass is 10.1. The third-order valence-electron chi connectivity index (χ3n) is 3.93. The Bertz CT molecular complexity index is 637. The van der Waals surface area contributed by atoms with Crippen LogP contribution < -0.4 is 0 Å². The summed E-state index contributed by atoms with van der Waals surface area (Å²) in [7, 11) is 0. The minimum atomic E-state index is -0.257. The van der Waals surface area contributed by atoms with Crippen molar-refractivity contribution in [2.75, 3.05) is 6.61 Å². The molecule has 0 saturated heterocycles. The molecule has 1 rings (SSSR count). The first kappa shape index (κ1) is 22.3. The highest BCUT2D eigenvalue weighted by Crippen LogP contribution is 2.31. The van der Waals surface area contributed by atoms with Crippen LogP contribution in [0, 0.1) is 0 Å². The van der Waals surface area contributed by atoms with E-state index in [0.29, 0.717) is 6.61 Å². The number of esters is 1. The van der Waals surface area contributed by atoms with Gasteiger partial charge >= 0.3 is 5.97 Å². The average molecular weight is 373 g/mol. The summed E-state index contributed by atoms with van der Waals surface area (Å²) in [4.78, 5) is 13.0. The molecule has 1 aromatic rings. The van der Waals surface area contributed by atoms with Gasteiger partial charge in [-0.2, -0.15) is 0 Å². The molecule has 26 heavy (non-hydrogen) atoms. The van der Waals surface area contributed by atoms with Crippen LogP contribution in [0.4, 0.5) is 0 Å². The van der Waals surface area contributed by atoms with Crippen molar-refractivity contribution in [3.05, 3.63) is 65.3 Å². The summed E-state index contributed by atoms with van der Waals surface area (Å²) >= 11 is 1.80. The summed E-state index contributed by atoms with van der Waals surface area (Å²) in [6, 6.07) is 10.3. The van der Waals surface area contributed by atoms with Crippen LogP contribution in [0.1, 0.15) is 53.9 Å². The third kappa shape index (κ3) is 9.67. The molecule has 1 unspecified atom stereocenters. The van der Waals surface area contributed by atoms with Gasteiger partial charge in [-0.15, -0.1) is 11.8 Å². The molecule has 0 aliphatic carbocycles. The van der Waals surface area contributed by atoms with Crippen LogP contribution in [0.3, 0.4) is 0 Å². The van der Waals surface area contributed by atoms with Crippen LogP contribution in [0.25, 0.3) is 0 Å². The van der Waals surface area contributed by atoms with Crippen molar-refractivity contribution in [2.24, 2.45) is 0 Å². The Morgan fingerprint density at radius 3 is 2.42 bits per heavy atom. The average Bonchev–Trinajstić information content (AvgIpc) is 2.59. The Morgan fingerprint density at radius 1 is 1.12 bits per heavy atom. The molecule has 1 aromatic carbocycles. The molecule has 0 saturated carbocycles. The SMILES string of the molecule is CCOC(=O)/C=C(\C)C(C/C=C(/C)CCC=C(C)C)Sc1ccccc1. The summed E-state index contributed by atoms with van der Waals surface area (Å²) < 4.78 is 5.07. The molecule has 0 bridgehead atoms. The molecule has 0 N–H and O–H groups in total. The van der Waals surface area contributed by atoms with Gasteiger partial charge in [-0.3, -0.25) is 0 Å². The number of hydrogen-bond acceptors (Lipinski definition) is 3. The Labute approximate surface area is 163 Å². The predicted molar refractivity (Wildman–Crippen MR) is 114 cm³/mol. The van der Waals surface area contributed by atoms with E-state index in [2.05, 4.69) is 45.1 Å². The van der Waals surface area contributed by atoms with Gasteiger partial charge < -0.3 is 4.74 Å². The van der Waals surface area contributed by atoms with Crippen molar-refractivity contribution >= 4 is 17.7 Å². The van der Waals surface area contributed by atoms with Crippen LogP contribution in [0.2, 0.25) is 0 Å². The molecular weight excluding hydrogens is 340 g/mol. The van der Waals surface area contributed by atoms with E-state index in [0.717, 1.165) is 24.8 Å². The Kier molecular flexibility index (Phi) is 10.8. The summed E-state index contributed by atoms with van der Waals surface area (Å²) in [5.74, 6) is -0.257. The zero-order chi connectivity index (χ0) is 19.4. The minimum Gasteiger partial charge on any atom is -0.463 e. The van der Waals surface area contributed by atoms with Gasteiger partial charge in [0.1, 0.15) is 0 Å². The molecule has 0 aromatic heterocycles. The van der Waals surface area contributed by atoms with Crippen molar-refractivity contribution in [3.63, 3.8) is 0 Å². The molecule has 142 valence electrons. The summed E-state index contributed by atoms with van der Waals surface area (Å²) in [6.45, 7) is 10.7. The second-order valence-corrected chi connectivity index (χ2v) is 7.94. The smallest absolute Gasteiger partial charge is 0.330 e. The highest BCUT2D eigenvalue weighted by atomic mass is 32.2. The van der Waals surface area contributed by atoms with Crippen molar-refractivity contribution in [1.29, 1.82) is 0 Å². The second kappa shape index (κ2) is 12.6. The van der Waals surface area contributed by atoms with E-state index in [1.165, 1.54) is 16.0 Å². The molecular formula is C23H32O2S. The molecule has 3 heteroatoms. The molecule has 2 nitrogen and oxygen atoms in total. The van der Waals surface area contributed by atoms with E-state index < -0.39 is 0 Å². The highest BCUT2D eigenvalue weighted by Gasteiger charge is 2.13. The van der Waals surface area contributed by atoms with Gasteiger partial charge in [0.15, 0.2) is 0 Å². The van der Waals surface area contributed by atoms with Crippen LogP contribution in [0.5, 0.6) is 0 Å². The monoisotopic (exact) mass is 372 g/mol. The molecule has 0 radical (unpaired) electrons. The van der Waals surface area contributed by atoms with Gasteiger partial charge in [-0.05, 0) is 66.0 Å². The van der Waals surface area contributed by atoms with E-state index in [-0.39, 0.29) is 11.2 Å². The molecule has 0 amide bonds. The largest absolute Gasteiger partial charge is 0.463 e. The van der Waals surface area contributed by atoms with Gasteiger partial charge in [0.25, 0.3) is 0 Å². The number of hydrogen-bond donors (Lipinski definition) is 0. The van der Waals surface area contributed by atoms with E-state index in [9.17, 15) is 4.79 Å². The van der Waals surface area contributed by atoms with Crippen molar-refractivity contribution in [3.8, 4) is 0 Å². The topological polar surface area (TPSA) is 26.3 Å². The third-order valence-corrected chi connectivity index (χ3v) is 5.33. The molecule has 0 fully saturated rings. The maximum absolute atomic E-state index is 11.8. The minimum absolute atomic E-state index is 0.222. The van der Waals surface area contributed by atoms with Crippen molar-refractivity contribution in [1.82, 2.24) is 0 Å². The lowest BCUT2D eigenvalue weighted by Gasteiger charge is -2.16. The lowest BCUT2D eigenvalue weighted by Crippen LogP contribution is -2.08. The van der Waals surface area contributed by atoms with E-state index in [1.54, 1.807) is 17.8 Å². The van der Waals surface area contributed by atoms with Crippen LogP contribution in [-0.4, -0.2) is 17.8 Å². The maximum Gasteiger partial charge on any atom is 0.330 e. The van der Waals surface area contributed by atoms with Gasteiger partial charge in [0.05, 0.1) is 6.61 Å². The van der Waals surface area contributed by atoms with Gasteiger partial charge in [0.2, 0.25) is 0 Å². The van der Waals surface area contributed by atoms with E-state index in [1.807, 2.05) is 32.0 Å². The van der Waals surface area contributed by atoms with Crippen molar-refractivity contribution in [2.45, 2.75) is 64.0 Å². The van der Waals surface area contributed by atoms with Crippen LogP contribution in [0.15, 0.2) is 70.2 Å². The fraction of sp³-hybridized carbons (Fsp3) is 0.435. The van der Waals surface area contributed by atoms with Gasteiger partial charge in [-0.1, -0.05) is 47.1 Å². The Morgan fingerprint density at radius 2 is 1.81 bits per heavy atom. The number of allylic oxidation sites excluding steroid dienone is 4. The second-order valence-electron chi connectivity index (χ2n) is 6.67.